The van der Waals surface area contributed by atoms with Crippen LogP contribution >= 0.6 is 0 Å². The lowest BCUT2D eigenvalue weighted by Crippen LogP contribution is -2.73. The number of fused-ring (bicyclic) bond motifs is 4. The monoisotopic (exact) mass is 498 g/mol. The van der Waals surface area contributed by atoms with Gasteiger partial charge in [0.05, 0.1) is 30.8 Å². The molecule has 1 spiro atoms. The van der Waals surface area contributed by atoms with Gasteiger partial charge in [-0.3, -0.25) is 9.59 Å². The topological polar surface area (TPSA) is 72.8 Å². The molecule has 0 aromatic heterocycles. The minimum Gasteiger partial charge on any atom is -0.469 e. The Balaban J connectivity index is 1.46. The molecule has 6 rings (SSSR count). The van der Waals surface area contributed by atoms with E-state index in [0.29, 0.717) is 18.4 Å². The Bertz CT molecular complexity index is 1050. The SMILES string of the molecule is COC(=O)[C@@]1(C)CC[C@]23CO[C@@]4(CC[C@@H]5[C@@]6(C)C=CC(=O)C(C)(C)[C@@H]6CC[C@@]5(C)[C@]4(C)C[C@H]2O)[C@@H]3C1. The van der Waals surface area contributed by atoms with Gasteiger partial charge in [-0.05, 0) is 93.0 Å². The number of carbonyl (C=O) groups excluding carboxylic acids is 2. The van der Waals surface area contributed by atoms with Crippen molar-refractivity contribution in [1.82, 2.24) is 0 Å². The highest BCUT2D eigenvalue weighted by Crippen LogP contribution is 2.80. The van der Waals surface area contributed by atoms with Gasteiger partial charge in [0.2, 0.25) is 0 Å². The van der Waals surface area contributed by atoms with Crippen molar-refractivity contribution in [2.45, 2.75) is 105 Å². The van der Waals surface area contributed by atoms with Crippen molar-refractivity contribution < 1.29 is 24.2 Å². The second kappa shape index (κ2) is 7.05. The molecule has 5 heteroatoms. The van der Waals surface area contributed by atoms with Gasteiger partial charge in [0, 0.05) is 16.2 Å². The third kappa shape index (κ3) is 2.52. The molecule has 4 saturated carbocycles. The Labute approximate surface area is 216 Å². The summed E-state index contributed by atoms with van der Waals surface area (Å²) in [7, 11) is 1.50. The largest absolute Gasteiger partial charge is 0.469 e. The Morgan fingerprint density at radius 1 is 0.972 bits per heavy atom. The van der Waals surface area contributed by atoms with E-state index in [2.05, 4.69) is 47.6 Å². The minimum atomic E-state index is -0.528. The van der Waals surface area contributed by atoms with E-state index in [9.17, 15) is 14.7 Å². The first-order valence-electron chi connectivity index (χ1n) is 14.3. The first-order chi connectivity index (χ1) is 16.7. The zero-order chi connectivity index (χ0) is 26.2. The second-order valence-corrected chi connectivity index (χ2v) is 15.2. The molecule has 5 aliphatic carbocycles. The maximum atomic E-state index is 12.9. The molecule has 0 amide bonds. The maximum Gasteiger partial charge on any atom is 0.311 e. The molecule has 5 nitrogen and oxygen atoms in total. The molecule has 0 unspecified atom stereocenters. The van der Waals surface area contributed by atoms with Gasteiger partial charge in [-0.25, -0.2) is 0 Å². The number of rotatable bonds is 1. The average Bonchev–Trinajstić information content (AvgIpc) is 3.10. The molecule has 2 bridgehead atoms. The molecule has 1 saturated heterocycles. The smallest absolute Gasteiger partial charge is 0.311 e. The summed E-state index contributed by atoms with van der Waals surface area (Å²) < 4.78 is 12.3. The van der Waals surface area contributed by atoms with Crippen molar-refractivity contribution in [3.05, 3.63) is 12.2 Å². The van der Waals surface area contributed by atoms with E-state index in [0.717, 1.165) is 51.4 Å². The van der Waals surface area contributed by atoms with Crippen LogP contribution in [0.25, 0.3) is 0 Å². The number of aliphatic hydroxyl groups excluding tert-OH is 1. The molecule has 1 aliphatic heterocycles. The fourth-order valence-electron chi connectivity index (χ4n) is 11.6. The van der Waals surface area contributed by atoms with Crippen LogP contribution in [0.1, 0.15) is 92.9 Å². The van der Waals surface area contributed by atoms with Crippen molar-refractivity contribution in [3.8, 4) is 0 Å². The molecule has 1 heterocycles. The minimum absolute atomic E-state index is 0.0338. The zero-order valence-electron chi connectivity index (χ0n) is 23.4. The van der Waals surface area contributed by atoms with Crippen LogP contribution in [0.3, 0.4) is 0 Å². The van der Waals surface area contributed by atoms with Crippen molar-refractivity contribution in [2.75, 3.05) is 13.7 Å². The Kier molecular flexibility index (Phi) is 4.92. The molecule has 36 heavy (non-hydrogen) atoms. The maximum absolute atomic E-state index is 12.9. The summed E-state index contributed by atoms with van der Waals surface area (Å²) in [6.45, 7) is 14.2. The van der Waals surface area contributed by atoms with Gasteiger partial charge in [0.25, 0.3) is 0 Å². The fourth-order valence-corrected chi connectivity index (χ4v) is 11.6. The van der Waals surface area contributed by atoms with Crippen molar-refractivity contribution in [2.24, 2.45) is 50.2 Å². The predicted octanol–water partition coefficient (Wildman–Crippen LogP) is 5.49. The van der Waals surface area contributed by atoms with Crippen LogP contribution in [0.15, 0.2) is 12.2 Å². The predicted molar refractivity (Wildman–Crippen MR) is 137 cm³/mol. The van der Waals surface area contributed by atoms with E-state index in [1.807, 2.05) is 6.08 Å². The standard InChI is InChI=1S/C31H46O5/c1-25(2)19-8-12-28(5)20(27(19,4)11-10-22(25)32)9-13-31-21-16-26(3,24(34)35-7)14-15-30(21,18-36-31)23(33)17-29(28,31)6/h10-11,19-21,23,33H,8-9,12-18H2,1-7H3/t19-,20+,21+,23+,26-,27-,28+,29-,30+,31-/m0/s1. The third-order valence-corrected chi connectivity index (χ3v) is 13.9. The van der Waals surface area contributed by atoms with Crippen LogP contribution in [-0.2, 0) is 19.1 Å². The summed E-state index contributed by atoms with van der Waals surface area (Å²) in [5.74, 6) is 1.03. The first-order valence-corrected chi connectivity index (χ1v) is 14.3. The van der Waals surface area contributed by atoms with E-state index >= 15 is 0 Å². The van der Waals surface area contributed by atoms with Gasteiger partial charge in [0.15, 0.2) is 5.78 Å². The lowest BCUT2D eigenvalue weighted by molar-refractivity contribution is -0.284. The van der Waals surface area contributed by atoms with Crippen LogP contribution in [-0.4, -0.2) is 42.3 Å². The Morgan fingerprint density at radius 2 is 1.67 bits per heavy atom. The lowest BCUT2D eigenvalue weighted by atomic mass is 9.31. The summed E-state index contributed by atoms with van der Waals surface area (Å²) in [6.07, 6.45) is 10.8. The molecule has 1 N–H and O–H groups in total. The summed E-state index contributed by atoms with van der Waals surface area (Å²) in [4.78, 5) is 25.8. The van der Waals surface area contributed by atoms with Crippen molar-refractivity contribution in [3.63, 3.8) is 0 Å². The van der Waals surface area contributed by atoms with E-state index in [-0.39, 0.29) is 50.3 Å². The molecule has 0 aromatic carbocycles. The number of carbonyl (C=O) groups is 2. The molecule has 0 aromatic rings. The molecular weight excluding hydrogens is 452 g/mol. The van der Waals surface area contributed by atoms with Gasteiger partial charge in [-0.15, -0.1) is 0 Å². The summed E-state index contributed by atoms with van der Waals surface area (Å²) >= 11 is 0. The first kappa shape index (κ1) is 25.1. The Morgan fingerprint density at radius 3 is 2.36 bits per heavy atom. The van der Waals surface area contributed by atoms with Gasteiger partial charge < -0.3 is 14.6 Å². The quantitative estimate of drug-likeness (QED) is 0.484. The van der Waals surface area contributed by atoms with Crippen LogP contribution in [0.2, 0.25) is 0 Å². The van der Waals surface area contributed by atoms with Gasteiger partial charge >= 0.3 is 5.97 Å². The van der Waals surface area contributed by atoms with Gasteiger partial charge in [0.1, 0.15) is 0 Å². The zero-order valence-corrected chi connectivity index (χ0v) is 23.4. The summed E-state index contributed by atoms with van der Waals surface area (Å²) in [6, 6.07) is 0. The number of methoxy groups -OCH3 is 1. The van der Waals surface area contributed by atoms with E-state index in [1.165, 1.54) is 7.11 Å². The van der Waals surface area contributed by atoms with Crippen LogP contribution in [0.4, 0.5) is 0 Å². The third-order valence-electron chi connectivity index (χ3n) is 13.9. The number of esters is 1. The summed E-state index contributed by atoms with van der Waals surface area (Å²) in [5.41, 5.74) is -1.77. The van der Waals surface area contributed by atoms with E-state index < -0.39 is 11.5 Å². The van der Waals surface area contributed by atoms with Gasteiger partial charge in [-0.1, -0.05) is 40.7 Å². The molecular formula is C31H46O5. The Hall–Kier alpha value is -1.20. The van der Waals surface area contributed by atoms with E-state index in [1.54, 1.807) is 0 Å². The number of ether oxygens (including phenoxy) is 2. The highest BCUT2D eigenvalue weighted by molar-refractivity contribution is 5.95. The molecule has 5 fully saturated rings. The van der Waals surface area contributed by atoms with Gasteiger partial charge in [-0.2, -0.15) is 0 Å². The molecule has 200 valence electrons. The summed E-state index contributed by atoms with van der Waals surface area (Å²) in [5, 5.41) is 11.9. The highest BCUT2D eigenvalue weighted by Gasteiger charge is 2.80. The lowest BCUT2D eigenvalue weighted by Gasteiger charge is -2.74. The van der Waals surface area contributed by atoms with Crippen LogP contribution in [0.5, 0.6) is 0 Å². The van der Waals surface area contributed by atoms with E-state index in [4.69, 9.17) is 9.47 Å². The number of hydrogen-bond acceptors (Lipinski definition) is 5. The normalized spacial score (nSPS) is 56.7. The van der Waals surface area contributed by atoms with Crippen LogP contribution < -0.4 is 0 Å². The second-order valence-electron chi connectivity index (χ2n) is 15.2. The van der Waals surface area contributed by atoms with Crippen molar-refractivity contribution in [1.29, 1.82) is 0 Å². The molecule has 0 radical (unpaired) electrons. The fraction of sp³-hybridized carbons (Fsp3) is 0.871. The number of hydrogen-bond donors (Lipinski definition) is 1. The highest BCUT2D eigenvalue weighted by atomic mass is 16.5. The number of allylic oxidation sites excluding steroid dienone is 2. The number of ketones is 1. The molecule has 10 atom stereocenters. The average molecular weight is 499 g/mol. The van der Waals surface area contributed by atoms with Crippen LogP contribution in [0, 0.1) is 50.2 Å². The van der Waals surface area contributed by atoms with Crippen molar-refractivity contribution >= 4 is 11.8 Å². The molecule has 6 aliphatic rings. The number of aliphatic hydroxyl groups is 1.